The van der Waals surface area contributed by atoms with Gasteiger partial charge < -0.3 is 21.1 Å². The number of carbonyl (C=O) groups is 2. The summed E-state index contributed by atoms with van der Waals surface area (Å²) in [6, 6.07) is 10.1. The molecule has 0 radical (unpaired) electrons. The first-order valence-corrected chi connectivity index (χ1v) is 7.67. The van der Waals surface area contributed by atoms with Crippen LogP contribution in [0.5, 0.6) is 0 Å². The number of benzene rings is 1. The summed E-state index contributed by atoms with van der Waals surface area (Å²) < 4.78 is 0. The van der Waals surface area contributed by atoms with Crippen LogP contribution in [-0.4, -0.2) is 30.2 Å². The zero-order chi connectivity index (χ0) is 15.8. The number of anilines is 2. The topological polar surface area (TPSA) is 90.5 Å². The second-order valence-corrected chi connectivity index (χ2v) is 5.42. The number of aliphatic hydroxyl groups is 1. The van der Waals surface area contributed by atoms with Crippen LogP contribution in [0.1, 0.15) is 16.1 Å². The number of carbonyl (C=O) groups excluding carboxylic acids is 2. The van der Waals surface area contributed by atoms with Crippen molar-refractivity contribution in [2.24, 2.45) is 0 Å². The van der Waals surface area contributed by atoms with Gasteiger partial charge in [0.2, 0.25) is 0 Å². The summed E-state index contributed by atoms with van der Waals surface area (Å²) in [6.45, 7) is 0.432. The molecule has 4 N–H and O–H groups in total. The number of nitrogens with one attached hydrogen (secondary N) is 3. The minimum Gasteiger partial charge on any atom is -0.396 e. The van der Waals surface area contributed by atoms with Crippen LogP contribution in [0.2, 0.25) is 0 Å². The minimum atomic E-state index is -0.352. The summed E-state index contributed by atoms with van der Waals surface area (Å²) in [7, 11) is 0. The summed E-state index contributed by atoms with van der Waals surface area (Å²) in [5.74, 6) is -0.181. The third kappa shape index (κ3) is 4.87. The molecule has 0 fully saturated rings. The lowest BCUT2D eigenvalue weighted by Gasteiger charge is -2.09. The van der Waals surface area contributed by atoms with E-state index in [-0.39, 0.29) is 18.5 Å². The molecule has 2 rings (SSSR count). The Labute approximate surface area is 132 Å². The molecule has 116 valence electrons. The van der Waals surface area contributed by atoms with Crippen LogP contribution in [0.4, 0.5) is 16.2 Å². The highest BCUT2D eigenvalue weighted by Crippen LogP contribution is 2.17. The predicted molar refractivity (Wildman–Crippen MR) is 87.4 cm³/mol. The third-order valence-electron chi connectivity index (χ3n) is 2.74. The fraction of sp³-hybridized carbons (Fsp3) is 0.200. The van der Waals surface area contributed by atoms with E-state index in [0.29, 0.717) is 29.2 Å². The van der Waals surface area contributed by atoms with Crippen molar-refractivity contribution in [2.45, 2.75) is 6.42 Å². The van der Waals surface area contributed by atoms with Crippen LogP contribution >= 0.6 is 11.3 Å². The molecule has 0 saturated heterocycles. The fourth-order valence-corrected chi connectivity index (χ4v) is 2.35. The molecule has 6 nitrogen and oxygen atoms in total. The Bertz CT molecular complexity index is 629. The zero-order valence-corrected chi connectivity index (χ0v) is 12.7. The first kappa shape index (κ1) is 16.0. The average Bonchev–Trinajstić information content (AvgIpc) is 3.02. The molecule has 0 unspecified atom stereocenters. The van der Waals surface area contributed by atoms with Gasteiger partial charge in [-0.15, -0.1) is 11.3 Å². The standard InChI is InChI=1S/C15H17N3O3S/c19-8-3-7-16-15(21)18-12-5-1-4-11(10-12)17-14(20)13-6-2-9-22-13/h1-2,4-6,9-10,19H,3,7-8H2,(H,17,20)(H2,16,18,21). The average molecular weight is 319 g/mol. The smallest absolute Gasteiger partial charge is 0.319 e. The normalized spacial score (nSPS) is 10.0. The van der Waals surface area contributed by atoms with Crippen molar-refractivity contribution in [1.29, 1.82) is 0 Å². The predicted octanol–water partition coefficient (Wildman–Crippen LogP) is 2.50. The van der Waals surface area contributed by atoms with E-state index in [2.05, 4.69) is 16.0 Å². The highest BCUT2D eigenvalue weighted by Gasteiger charge is 2.07. The van der Waals surface area contributed by atoms with Crippen molar-refractivity contribution in [3.8, 4) is 0 Å². The van der Waals surface area contributed by atoms with Gasteiger partial charge >= 0.3 is 6.03 Å². The Morgan fingerprint density at radius 1 is 1.09 bits per heavy atom. The van der Waals surface area contributed by atoms with Gasteiger partial charge in [-0.25, -0.2) is 4.79 Å². The van der Waals surface area contributed by atoms with Gasteiger partial charge in [0.25, 0.3) is 5.91 Å². The Morgan fingerprint density at radius 3 is 2.55 bits per heavy atom. The molecule has 3 amide bonds. The number of aliphatic hydroxyl groups excluding tert-OH is 1. The Balaban J connectivity index is 1.92. The molecule has 0 aliphatic rings. The number of urea groups is 1. The molecule has 1 heterocycles. The lowest BCUT2D eigenvalue weighted by molar-refractivity contribution is 0.103. The van der Waals surface area contributed by atoms with Crippen molar-refractivity contribution in [1.82, 2.24) is 5.32 Å². The minimum absolute atomic E-state index is 0.0323. The van der Waals surface area contributed by atoms with Crippen molar-refractivity contribution in [3.63, 3.8) is 0 Å². The largest absolute Gasteiger partial charge is 0.396 e. The van der Waals surface area contributed by atoms with E-state index >= 15 is 0 Å². The van der Waals surface area contributed by atoms with E-state index in [0.717, 1.165) is 0 Å². The zero-order valence-electron chi connectivity index (χ0n) is 11.8. The van der Waals surface area contributed by atoms with Crippen LogP contribution < -0.4 is 16.0 Å². The highest BCUT2D eigenvalue weighted by atomic mass is 32.1. The number of hydrogen-bond acceptors (Lipinski definition) is 4. The molecule has 0 aliphatic heterocycles. The molecule has 0 spiro atoms. The summed E-state index contributed by atoms with van der Waals surface area (Å²) in [5, 5.41) is 18.6. The van der Waals surface area contributed by atoms with Crippen LogP contribution in [0.25, 0.3) is 0 Å². The van der Waals surface area contributed by atoms with E-state index in [4.69, 9.17) is 5.11 Å². The summed E-state index contributed by atoms with van der Waals surface area (Å²) in [6.07, 6.45) is 0.504. The fourth-order valence-electron chi connectivity index (χ4n) is 1.73. The van der Waals surface area contributed by atoms with E-state index in [1.165, 1.54) is 11.3 Å². The van der Waals surface area contributed by atoms with Gasteiger partial charge in [0.05, 0.1) is 4.88 Å². The molecule has 0 bridgehead atoms. The number of thiophene rings is 1. The molecule has 2 aromatic rings. The van der Waals surface area contributed by atoms with Crippen LogP contribution in [0.3, 0.4) is 0 Å². The van der Waals surface area contributed by atoms with E-state index in [1.54, 1.807) is 30.3 Å². The maximum absolute atomic E-state index is 12.0. The van der Waals surface area contributed by atoms with Gasteiger partial charge in [-0.1, -0.05) is 12.1 Å². The first-order valence-electron chi connectivity index (χ1n) is 6.79. The first-order chi connectivity index (χ1) is 10.7. The molecule has 0 aliphatic carbocycles. The van der Waals surface area contributed by atoms with Crippen LogP contribution in [0, 0.1) is 0 Å². The summed E-state index contributed by atoms with van der Waals surface area (Å²) >= 11 is 1.36. The maximum atomic E-state index is 12.0. The molecular weight excluding hydrogens is 302 g/mol. The molecule has 1 aromatic heterocycles. The van der Waals surface area contributed by atoms with Gasteiger partial charge in [0.15, 0.2) is 0 Å². The lowest BCUT2D eigenvalue weighted by Crippen LogP contribution is -2.29. The third-order valence-corrected chi connectivity index (χ3v) is 3.61. The lowest BCUT2D eigenvalue weighted by atomic mass is 10.2. The van der Waals surface area contributed by atoms with E-state index < -0.39 is 0 Å². The van der Waals surface area contributed by atoms with Crippen LogP contribution in [0.15, 0.2) is 41.8 Å². The van der Waals surface area contributed by atoms with Crippen molar-refractivity contribution >= 4 is 34.6 Å². The molecule has 0 atom stereocenters. The molecule has 0 saturated carbocycles. The molecule has 1 aromatic carbocycles. The quantitative estimate of drug-likeness (QED) is 0.617. The second kappa shape index (κ2) is 8.16. The van der Waals surface area contributed by atoms with Crippen molar-refractivity contribution < 1.29 is 14.7 Å². The van der Waals surface area contributed by atoms with Gasteiger partial charge in [0.1, 0.15) is 0 Å². The Hall–Kier alpha value is -2.38. The monoisotopic (exact) mass is 319 g/mol. The van der Waals surface area contributed by atoms with Crippen molar-refractivity contribution in [3.05, 3.63) is 46.7 Å². The summed E-state index contributed by atoms with van der Waals surface area (Å²) in [4.78, 5) is 24.2. The van der Waals surface area contributed by atoms with Gasteiger partial charge in [0, 0.05) is 24.5 Å². The molecule has 22 heavy (non-hydrogen) atoms. The number of hydrogen-bond donors (Lipinski definition) is 4. The van der Waals surface area contributed by atoms with E-state index in [1.807, 2.05) is 11.4 Å². The molecule has 7 heteroatoms. The van der Waals surface area contributed by atoms with Crippen LogP contribution in [-0.2, 0) is 0 Å². The SMILES string of the molecule is O=C(NCCCO)Nc1cccc(NC(=O)c2cccs2)c1. The van der Waals surface area contributed by atoms with Gasteiger partial charge in [-0.3, -0.25) is 4.79 Å². The van der Waals surface area contributed by atoms with E-state index in [9.17, 15) is 9.59 Å². The van der Waals surface area contributed by atoms with Gasteiger partial charge in [-0.2, -0.15) is 0 Å². The molecular formula is C15H17N3O3S. The summed E-state index contributed by atoms with van der Waals surface area (Å²) in [5.41, 5.74) is 1.18. The highest BCUT2D eigenvalue weighted by molar-refractivity contribution is 7.12. The maximum Gasteiger partial charge on any atom is 0.319 e. The number of rotatable bonds is 6. The van der Waals surface area contributed by atoms with Gasteiger partial charge in [-0.05, 0) is 36.1 Å². The second-order valence-electron chi connectivity index (χ2n) is 4.47. The number of amides is 3. The Kier molecular flexibility index (Phi) is 5.93. The van der Waals surface area contributed by atoms with Crippen molar-refractivity contribution in [2.75, 3.05) is 23.8 Å². The Morgan fingerprint density at radius 2 is 1.86 bits per heavy atom.